The Morgan fingerprint density at radius 2 is 0.582 bits per heavy atom. The predicted molar refractivity (Wildman–Crippen MR) is 425 cm³/mol. The number of hydrogen-bond donors (Lipinski definition) is 0. The average Bonchev–Trinajstić information content (AvgIpc) is 1.08. The van der Waals surface area contributed by atoms with Gasteiger partial charge in [-0.1, -0.05) is 380 Å². The summed E-state index contributed by atoms with van der Waals surface area (Å²) in [6.45, 7) is 4.16. The minimum Gasteiger partial charge on any atom is -0.756 e. The van der Waals surface area contributed by atoms with Gasteiger partial charge in [0.1, 0.15) is 19.8 Å². The summed E-state index contributed by atoms with van der Waals surface area (Å²) in [4.78, 5) is 38.2. The van der Waals surface area contributed by atoms with Crippen LogP contribution in [0.5, 0.6) is 0 Å². The van der Waals surface area contributed by atoms with Gasteiger partial charge in [0, 0.05) is 12.8 Å². The molecule has 2 unspecified atom stereocenters. The van der Waals surface area contributed by atoms with E-state index in [0.29, 0.717) is 17.4 Å². The normalized spacial score (nSPS) is 13.6. The van der Waals surface area contributed by atoms with Crippen LogP contribution < -0.4 is 4.89 Å². The molecule has 0 heterocycles. The molecule has 0 aromatic carbocycles. The maximum atomic E-state index is 12.9. The Morgan fingerprint density at radius 3 is 0.867 bits per heavy atom. The fraction of sp³-hybridized carbons (Fsp3) is 0.773. The number of nitrogens with zero attached hydrogens (tertiary/aromatic N) is 1. The zero-order valence-electron chi connectivity index (χ0n) is 65.0. The number of quaternary nitrogens is 1. The maximum Gasteiger partial charge on any atom is 0.306 e. The van der Waals surface area contributed by atoms with Crippen LogP contribution in [0.2, 0.25) is 0 Å². The smallest absolute Gasteiger partial charge is 0.306 e. The van der Waals surface area contributed by atoms with Gasteiger partial charge in [-0.3, -0.25) is 14.2 Å². The lowest BCUT2D eigenvalue weighted by Crippen LogP contribution is -2.37. The van der Waals surface area contributed by atoms with E-state index in [9.17, 15) is 19.0 Å². The van der Waals surface area contributed by atoms with Crippen molar-refractivity contribution in [3.63, 3.8) is 0 Å². The standard InChI is InChI=1S/C88H158NO8P/c1-6-8-10-12-14-16-18-20-22-24-26-28-30-32-34-36-38-40-42-43-44-45-47-48-50-52-54-56-58-60-62-64-66-68-70-72-74-76-78-80-87(90)94-84-86(85-96-98(92,93)95-83-82-89(3,4)5)97-88(91)81-79-77-75-73-71-69-67-65-63-61-59-57-55-53-51-49-46-41-39-37-35-33-31-29-27-25-23-21-19-17-15-13-11-9-7-2/h9,11,15,17-18,20-21,23-24,26-27,29,33,35,39,41,49,51,86H,6-8,10,12-14,16,19,22,25,28,30-32,34,36-38,40,42-48,50,52-85H2,1-5H3/b11-9-,17-15-,20-18-,23-21-,26-24-,29-27-,35-33-,41-39-,51-49-. The molecule has 10 heteroatoms. The molecule has 2 atom stereocenters. The van der Waals surface area contributed by atoms with Crippen molar-refractivity contribution in [1.82, 2.24) is 0 Å². The molecule has 0 aliphatic carbocycles. The molecule has 0 aliphatic rings. The molecule has 0 fully saturated rings. The first kappa shape index (κ1) is 94.7. The number of esters is 2. The molecular weight excluding hydrogens is 1230 g/mol. The second kappa shape index (κ2) is 77.8. The lowest BCUT2D eigenvalue weighted by atomic mass is 10.0. The van der Waals surface area contributed by atoms with Gasteiger partial charge in [0.2, 0.25) is 0 Å². The molecule has 0 N–H and O–H groups in total. The fourth-order valence-electron chi connectivity index (χ4n) is 12.0. The molecule has 0 aromatic heterocycles. The Balaban J connectivity index is 3.93. The monoisotopic (exact) mass is 1390 g/mol. The third-order valence-corrected chi connectivity index (χ3v) is 19.2. The van der Waals surface area contributed by atoms with Gasteiger partial charge in [0.15, 0.2) is 6.10 Å². The summed E-state index contributed by atoms with van der Waals surface area (Å²) in [5.74, 6) is -0.821. The summed E-state index contributed by atoms with van der Waals surface area (Å²) < 4.78 is 34.4. The van der Waals surface area contributed by atoms with Crippen LogP contribution in [0.25, 0.3) is 0 Å². The second-order valence-electron chi connectivity index (χ2n) is 29.1. The summed E-state index contributed by atoms with van der Waals surface area (Å²) in [7, 11) is 1.17. The number of rotatable bonds is 77. The topological polar surface area (TPSA) is 111 Å². The lowest BCUT2D eigenvalue weighted by Gasteiger charge is -2.28. The number of hydrogen-bond acceptors (Lipinski definition) is 8. The van der Waals surface area contributed by atoms with Gasteiger partial charge in [-0.2, -0.15) is 0 Å². The van der Waals surface area contributed by atoms with E-state index in [1.165, 1.54) is 263 Å². The van der Waals surface area contributed by atoms with Crippen molar-refractivity contribution >= 4 is 19.8 Å². The van der Waals surface area contributed by atoms with Crippen LogP contribution in [-0.4, -0.2) is 70.0 Å². The third-order valence-electron chi connectivity index (χ3n) is 18.3. The van der Waals surface area contributed by atoms with Gasteiger partial charge in [0.05, 0.1) is 27.7 Å². The SMILES string of the molecule is CC/C=C\C/C=C\C/C=C\C/C=C\C/C=C\C/C=C\C/C=C\CCCCCCCCCCCCCCCC(=O)OC(COC(=O)CCCCCCCCCCCCCCCCCCCCCCCCCCCCC/C=C\C/C=C\CCCCCCC)COP(=O)([O-])OCC[N+](C)(C)C. The van der Waals surface area contributed by atoms with Crippen LogP contribution in [-0.2, 0) is 32.7 Å². The quantitative estimate of drug-likeness (QED) is 0.0195. The molecule has 0 saturated carbocycles. The Bertz CT molecular complexity index is 2030. The van der Waals surface area contributed by atoms with Gasteiger partial charge < -0.3 is 27.9 Å². The van der Waals surface area contributed by atoms with Gasteiger partial charge in [-0.05, 0) is 103 Å². The summed E-state index contributed by atoms with van der Waals surface area (Å²) in [5.41, 5.74) is 0. The van der Waals surface area contributed by atoms with Crippen molar-refractivity contribution in [2.24, 2.45) is 0 Å². The van der Waals surface area contributed by atoms with E-state index >= 15 is 0 Å². The van der Waals surface area contributed by atoms with Crippen LogP contribution in [0.4, 0.5) is 0 Å². The summed E-state index contributed by atoms with van der Waals surface area (Å²) >= 11 is 0. The maximum absolute atomic E-state index is 12.9. The van der Waals surface area contributed by atoms with Crippen molar-refractivity contribution in [3.05, 3.63) is 109 Å². The molecule has 0 spiro atoms. The van der Waals surface area contributed by atoms with Gasteiger partial charge >= 0.3 is 11.9 Å². The largest absolute Gasteiger partial charge is 0.756 e. The summed E-state index contributed by atoms with van der Waals surface area (Å²) in [6.07, 6.45) is 111. The highest BCUT2D eigenvalue weighted by atomic mass is 31.2. The van der Waals surface area contributed by atoms with E-state index in [1.807, 2.05) is 21.1 Å². The van der Waals surface area contributed by atoms with E-state index in [-0.39, 0.29) is 32.0 Å². The number of ether oxygens (including phenoxy) is 2. The molecule has 98 heavy (non-hydrogen) atoms. The molecule has 0 aromatic rings. The van der Waals surface area contributed by atoms with E-state index in [0.717, 1.165) is 89.9 Å². The number of unbranched alkanes of at least 4 members (excludes halogenated alkanes) is 45. The minimum atomic E-state index is -4.65. The van der Waals surface area contributed by atoms with Crippen molar-refractivity contribution < 1.29 is 42.1 Å². The second-order valence-corrected chi connectivity index (χ2v) is 30.5. The highest BCUT2D eigenvalue weighted by molar-refractivity contribution is 7.45. The van der Waals surface area contributed by atoms with Crippen molar-refractivity contribution in [2.75, 3.05) is 47.5 Å². The van der Waals surface area contributed by atoms with Gasteiger partial charge in [-0.15, -0.1) is 0 Å². The highest BCUT2D eigenvalue weighted by Crippen LogP contribution is 2.38. The zero-order chi connectivity index (χ0) is 71.1. The summed E-state index contributed by atoms with van der Waals surface area (Å²) in [5, 5.41) is 0. The Labute approximate surface area is 607 Å². The molecule has 0 radical (unpaired) electrons. The van der Waals surface area contributed by atoms with E-state index in [4.69, 9.17) is 18.5 Å². The minimum absolute atomic E-state index is 0.0326. The first-order chi connectivity index (χ1) is 48.0. The molecule has 0 bridgehead atoms. The Hall–Kier alpha value is -3.33. The third kappa shape index (κ3) is 81.6. The fourth-order valence-corrected chi connectivity index (χ4v) is 12.7. The average molecular weight is 1390 g/mol. The van der Waals surface area contributed by atoms with Crippen LogP contribution in [0.3, 0.4) is 0 Å². The van der Waals surface area contributed by atoms with Crippen LogP contribution in [0.1, 0.15) is 386 Å². The van der Waals surface area contributed by atoms with Crippen LogP contribution in [0, 0.1) is 0 Å². The van der Waals surface area contributed by atoms with E-state index < -0.39 is 26.5 Å². The van der Waals surface area contributed by atoms with Gasteiger partial charge in [-0.25, -0.2) is 0 Å². The molecule has 568 valence electrons. The van der Waals surface area contributed by atoms with Crippen molar-refractivity contribution in [3.8, 4) is 0 Å². The van der Waals surface area contributed by atoms with Crippen LogP contribution in [0.15, 0.2) is 109 Å². The van der Waals surface area contributed by atoms with Crippen molar-refractivity contribution in [2.45, 2.75) is 392 Å². The molecule has 0 amide bonds. The summed E-state index contributed by atoms with van der Waals surface area (Å²) in [6, 6.07) is 0. The predicted octanol–water partition coefficient (Wildman–Crippen LogP) is 27.3. The van der Waals surface area contributed by atoms with Crippen molar-refractivity contribution in [1.29, 1.82) is 0 Å². The molecular formula is C88H158NO8P. The van der Waals surface area contributed by atoms with Crippen LogP contribution >= 0.6 is 7.82 Å². The number of phosphoric ester groups is 1. The molecule has 9 nitrogen and oxygen atoms in total. The number of phosphoric acid groups is 1. The van der Waals surface area contributed by atoms with Gasteiger partial charge in [0.25, 0.3) is 7.82 Å². The van der Waals surface area contributed by atoms with E-state index in [1.54, 1.807) is 0 Å². The number of likely N-dealkylation sites (N-methyl/N-ethyl adjacent to an activating group) is 1. The number of allylic oxidation sites excluding steroid dienone is 18. The zero-order valence-corrected chi connectivity index (χ0v) is 65.9. The molecule has 0 aliphatic heterocycles. The lowest BCUT2D eigenvalue weighted by molar-refractivity contribution is -0.870. The molecule has 0 saturated heterocycles. The number of carbonyl (C=O) groups excluding carboxylic acids is 2. The molecule has 0 rings (SSSR count). The highest BCUT2D eigenvalue weighted by Gasteiger charge is 2.22. The number of carbonyl (C=O) groups is 2. The van der Waals surface area contributed by atoms with E-state index in [2.05, 4.69) is 123 Å². The first-order valence-corrected chi connectivity index (χ1v) is 43.1. The first-order valence-electron chi connectivity index (χ1n) is 41.6. The Morgan fingerprint density at radius 1 is 0.327 bits per heavy atom. The Kier molecular flexibility index (Phi) is 75.2.